The number of H-pyrrole nitrogens is 1. The molecule has 0 saturated carbocycles. The maximum Gasteiger partial charge on any atom is 0.255 e. The molecule has 0 atom stereocenters. The molecule has 2 aromatic carbocycles. The molecule has 3 aromatic rings. The Hall–Kier alpha value is -2.33. The van der Waals surface area contributed by atoms with Crippen molar-refractivity contribution in [1.29, 1.82) is 0 Å². The Balaban J connectivity index is 2.23. The molecule has 0 amide bonds. The van der Waals surface area contributed by atoms with Crippen LogP contribution in [0.2, 0.25) is 5.02 Å². The number of aromatic amines is 1. The van der Waals surface area contributed by atoms with Crippen molar-refractivity contribution in [2.45, 2.75) is 20.0 Å². The third-order valence-electron chi connectivity index (χ3n) is 3.47. The van der Waals surface area contributed by atoms with Crippen LogP contribution in [0.3, 0.4) is 0 Å². The van der Waals surface area contributed by atoms with Crippen LogP contribution in [0.4, 0.5) is 4.39 Å². The van der Waals surface area contributed by atoms with E-state index in [0.717, 1.165) is 10.9 Å². The lowest BCUT2D eigenvalue weighted by atomic mass is 10.0. The first kappa shape index (κ1) is 15.6. The first-order chi connectivity index (χ1) is 11.0. The predicted molar refractivity (Wildman–Crippen MR) is 90.7 cm³/mol. The molecule has 0 spiro atoms. The average molecular weight is 332 g/mol. The standard InChI is InChI=1S/C18H15ClFNO2/c1-10(2)23-12-4-6-13-15(8-12)18(22)21-9-16(13)14-5-3-11(20)7-17(14)19/h3-10H,1-2H3,(H,21,22). The molecule has 0 aliphatic rings. The van der Waals surface area contributed by atoms with Crippen molar-refractivity contribution >= 4 is 22.4 Å². The van der Waals surface area contributed by atoms with Gasteiger partial charge >= 0.3 is 0 Å². The number of fused-ring (bicyclic) bond motifs is 1. The number of halogens is 2. The SMILES string of the molecule is CC(C)Oc1ccc2c(-c3ccc(F)cc3Cl)c[nH]c(=O)c2c1. The summed E-state index contributed by atoms with van der Waals surface area (Å²) in [5, 5.41) is 1.53. The van der Waals surface area contributed by atoms with E-state index in [-0.39, 0.29) is 11.7 Å². The summed E-state index contributed by atoms with van der Waals surface area (Å²) in [5.41, 5.74) is 1.18. The van der Waals surface area contributed by atoms with E-state index in [9.17, 15) is 9.18 Å². The van der Waals surface area contributed by atoms with Crippen LogP contribution in [0.5, 0.6) is 5.75 Å². The van der Waals surface area contributed by atoms with Gasteiger partial charge in [0.15, 0.2) is 0 Å². The van der Waals surface area contributed by atoms with Gasteiger partial charge in [-0.05, 0) is 55.6 Å². The first-order valence-corrected chi connectivity index (χ1v) is 7.61. The van der Waals surface area contributed by atoms with Crippen LogP contribution in [0.1, 0.15) is 13.8 Å². The molecular weight excluding hydrogens is 317 g/mol. The van der Waals surface area contributed by atoms with Crippen LogP contribution in [0.25, 0.3) is 21.9 Å². The van der Waals surface area contributed by atoms with Gasteiger partial charge in [0.25, 0.3) is 5.56 Å². The van der Waals surface area contributed by atoms with Crippen molar-refractivity contribution < 1.29 is 9.13 Å². The maximum absolute atomic E-state index is 13.3. The highest BCUT2D eigenvalue weighted by Gasteiger charge is 2.12. The molecule has 1 aromatic heterocycles. The zero-order chi connectivity index (χ0) is 16.6. The van der Waals surface area contributed by atoms with Crippen LogP contribution in [-0.4, -0.2) is 11.1 Å². The summed E-state index contributed by atoms with van der Waals surface area (Å²) < 4.78 is 18.9. The lowest BCUT2D eigenvalue weighted by Crippen LogP contribution is -2.08. The van der Waals surface area contributed by atoms with Crippen molar-refractivity contribution in [3.05, 3.63) is 63.8 Å². The number of nitrogens with one attached hydrogen (secondary N) is 1. The van der Waals surface area contributed by atoms with Gasteiger partial charge < -0.3 is 9.72 Å². The maximum atomic E-state index is 13.3. The highest BCUT2D eigenvalue weighted by molar-refractivity contribution is 6.33. The molecular formula is C18H15ClFNO2. The molecule has 118 valence electrons. The number of rotatable bonds is 3. The Morgan fingerprint density at radius 3 is 2.57 bits per heavy atom. The van der Waals surface area contributed by atoms with E-state index in [0.29, 0.717) is 21.7 Å². The Labute approximate surface area is 137 Å². The Morgan fingerprint density at radius 1 is 1.09 bits per heavy atom. The first-order valence-electron chi connectivity index (χ1n) is 7.23. The largest absolute Gasteiger partial charge is 0.491 e. The smallest absolute Gasteiger partial charge is 0.255 e. The number of ether oxygens (including phenoxy) is 1. The zero-order valence-electron chi connectivity index (χ0n) is 12.7. The van der Waals surface area contributed by atoms with Gasteiger partial charge in [-0.2, -0.15) is 0 Å². The minimum absolute atomic E-state index is 0.0151. The van der Waals surface area contributed by atoms with Gasteiger partial charge in [-0.1, -0.05) is 11.6 Å². The number of hydrogen-bond acceptors (Lipinski definition) is 2. The van der Waals surface area contributed by atoms with E-state index >= 15 is 0 Å². The molecule has 0 unspecified atom stereocenters. The van der Waals surface area contributed by atoms with Crippen LogP contribution in [0, 0.1) is 5.82 Å². The summed E-state index contributed by atoms with van der Waals surface area (Å²) in [5.74, 6) is 0.223. The molecule has 0 fully saturated rings. The van der Waals surface area contributed by atoms with Gasteiger partial charge in [0.1, 0.15) is 11.6 Å². The van der Waals surface area contributed by atoms with Crippen LogP contribution in [-0.2, 0) is 0 Å². The third kappa shape index (κ3) is 3.08. The summed E-state index contributed by atoms with van der Waals surface area (Å²) in [6, 6.07) is 9.52. The van der Waals surface area contributed by atoms with E-state index in [2.05, 4.69) is 4.98 Å². The van der Waals surface area contributed by atoms with Crippen LogP contribution >= 0.6 is 11.6 Å². The Morgan fingerprint density at radius 2 is 1.87 bits per heavy atom. The molecule has 0 aliphatic carbocycles. The van der Waals surface area contributed by atoms with Gasteiger partial charge in [0.2, 0.25) is 0 Å². The highest BCUT2D eigenvalue weighted by atomic mass is 35.5. The number of hydrogen-bond donors (Lipinski definition) is 1. The summed E-state index contributed by atoms with van der Waals surface area (Å²) >= 11 is 6.15. The molecule has 1 N–H and O–H groups in total. The van der Waals surface area contributed by atoms with Gasteiger partial charge in [0.05, 0.1) is 16.5 Å². The van der Waals surface area contributed by atoms with Gasteiger partial charge in [-0.25, -0.2) is 4.39 Å². The number of aromatic nitrogens is 1. The van der Waals surface area contributed by atoms with E-state index in [1.165, 1.54) is 12.1 Å². The summed E-state index contributed by atoms with van der Waals surface area (Å²) in [7, 11) is 0. The average Bonchev–Trinajstić information content (AvgIpc) is 2.48. The number of benzene rings is 2. The number of pyridine rings is 1. The molecule has 23 heavy (non-hydrogen) atoms. The molecule has 3 rings (SSSR count). The third-order valence-corrected chi connectivity index (χ3v) is 3.78. The molecule has 0 radical (unpaired) electrons. The highest BCUT2D eigenvalue weighted by Crippen LogP contribution is 2.33. The molecule has 0 bridgehead atoms. The molecule has 0 saturated heterocycles. The Kier molecular flexibility index (Phi) is 4.09. The van der Waals surface area contributed by atoms with Gasteiger partial charge in [-0.3, -0.25) is 4.79 Å². The molecule has 0 aliphatic heterocycles. The van der Waals surface area contributed by atoms with Crippen molar-refractivity contribution in [1.82, 2.24) is 4.98 Å². The fourth-order valence-corrected chi connectivity index (χ4v) is 2.78. The zero-order valence-corrected chi connectivity index (χ0v) is 13.4. The normalized spacial score (nSPS) is 11.2. The topological polar surface area (TPSA) is 42.1 Å². The van der Waals surface area contributed by atoms with Crippen molar-refractivity contribution in [3.63, 3.8) is 0 Å². The van der Waals surface area contributed by atoms with Crippen LogP contribution in [0.15, 0.2) is 47.4 Å². The van der Waals surface area contributed by atoms with E-state index in [1.807, 2.05) is 26.0 Å². The van der Waals surface area contributed by atoms with E-state index in [4.69, 9.17) is 16.3 Å². The summed E-state index contributed by atoms with van der Waals surface area (Å²) in [6.45, 7) is 3.84. The second-order valence-corrected chi connectivity index (χ2v) is 5.94. The minimum Gasteiger partial charge on any atom is -0.491 e. The second kappa shape index (κ2) is 6.05. The molecule has 1 heterocycles. The van der Waals surface area contributed by atoms with E-state index in [1.54, 1.807) is 18.3 Å². The monoisotopic (exact) mass is 331 g/mol. The van der Waals surface area contributed by atoms with Gasteiger partial charge in [0, 0.05) is 17.3 Å². The fraction of sp³-hybridized carbons (Fsp3) is 0.167. The fourth-order valence-electron chi connectivity index (χ4n) is 2.52. The second-order valence-electron chi connectivity index (χ2n) is 5.53. The van der Waals surface area contributed by atoms with Crippen LogP contribution < -0.4 is 10.3 Å². The lowest BCUT2D eigenvalue weighted by molar-refractivity contribution is 0.243. The quantitative estimate of drug-likeness (QED) is 0.750. The summed E-state index contributed by atoms with van der Waals surface area (Å²) in [6.07, 6.45) is 1.61. The molecule has 3 nitrogen and oxygen atoms in total. The predicted octanol–water partition coefficient (Wildman–Crippen LogP) is 4.77. The summed E-state index contributed by atoms with van der Waals surface area (Å²) in [4.78, 5) is 14.8. The van der Waals surface area contributed by atoms with Crippen molar-refractivity contribution in [2.75, 3.05) is 0 Å². The van der Waals surface area contributed by atoms with E-state index < -0.39 is 5.82 Å². The lowest BCUT2D eigenvalue weighted by Gasteiger charge is -2.12. The van der Waals surface area contributed by atoms with Crippen molar-refractivity contribution in [3.8, 4) is 16.9 Å². The minimum atomic E-state index is -0.403. The Bertz CT molecular complexity index is 934. The van der Waals surface area contributed by atoms with Crippen molar-refractivity contribution in [2.24, 2.45) is 0 Å². The molecule has 5 heteroatoms. The van der Waals surface area contributed by atoms with Gasteiger partial charge in [-0.15, -0.1) is 0 Å².